The number of aliphatic hydroxyl groups excluding tert-OH is 1. The van der Waals surface area contributed by atoms with E-state index in [0.717, 1.165) is 16.8 Å². The molecule has 6 nitrogen and oxygen atoms in total. The predicted molar refractivity (Wildman–Crippen MR) is 79.8 cm³/mol. The van der Waals surface area contributed by atoms with Crippen molar-refractivity contribution in [2.24, 2.45) is 0 Å². The number of nitrogens with one attached hydrogen (secondary N) is 1. The van der Waals surface area contributed by atoms with Crippen LogP contribution in [-0.4, -0.2) is 47.5 Å². The Morgan fingerprint density at radius 1 is 1.33 bits per heavy atom. The molecule has 0 fully saturated rings. The fourth-order valence-corrected chi connectivity index (χ4v) is 2.06. The second kappa shape index (κ2) is 7.01. The van der Waals surface area contributed by atoms with Crippen LogP contribution in [-0.2, 0) is 4.74 Å². The SMILES string of the molecule is Cc1cc(NCCOCCO)c2ccc(C(=O)O)cc2n1. The molecule has 0 radical (unpaired) electrons. The number of carbonyl (C=O) groups is 1. The van der Waals surface area contributed by atoms with Crippen LogP contribution in [0.1, 0.15) is 16.1 Å². The van der Waals surface area contributed by atoms with Gasteiger partial charge >= 0.3 is 5.97 Å². The van der Waals surface area contributed by atoms with Gasteiger partial charge in [-0.3, -0.25) is 4.98 Å². The number of aliphatic hydroxyl groups is 1. The average Bonchev–Trinajstić information content (AvgIpc) is 2.46. The van der Waals surface area contributed by atoms with Crippen LogP contribution in [0.4, 0.5) is 5.69 Å². The van der Waals surface area contributed by atoms with Crippen LogP contribution < -0.4 is 5.32 Å². The summed E-state index contributed by atoms with van der Waals surface area (Å²) in [6, 6.07) is 6.80. The Kier molecular flexibility index (Phi) is 5.08. The lowest BCUT2D eigenvalue weighted by Gasteiger charge is -2.11. The lowest BCUT2D eigenvalue weighted by molar-refractivity contribution is 0.0697. The fourth-order valence-electron chi connectivity index (χ4n) is 2.06. The van der Waals surface area contributed by atoms with Crippen molar-refractivity contribution in [1.82, 2.24) is 4.98 Å². The molecular formula is C15H18N2O4. The number of aryl methyl sites for hydroxylation is 1. The Morgan fingerprint density at radius 3 is 2.86 bits per heavy atom. The molecule has 2 aromatic rings. The molecule has 21 heavy (non-hydrogen) atoms. The number of fused-ring (bicyclic) bond motifs is 1. The lowest BCUT2D eigenvalue weighted by atomic mass is 10.1. The lowest BCUT2D eigenvalue weighted by Crippen LogP contribution is -2.12. The van der Waals surface area contributed by atoms with Crippen molar-refractivity contribution in [1.29, 1.82) is 0 Å². The van der Waals surface area contributed by atoms with E-state index in [2.05, 4.69) is 10.3 Å². The monoisotopic (exact) mass is 290 g/mol. The third kappa shape index (κ3) is 3.90. The van der Waals surface area contributed by atoms with Crippen LogP contribution >= 0.6 is 0 Å². The molecule has 6 heteroatoms. The van der Waals surface area contributed by atoms with Gasteiger partial charge < -0.3 is 20.3 Å². The zero-order chi connectivity index (χ0) is 15.2. The van der Waals surface area contributed by atoms with E-state index in [-0.39, 0.29) is 12.2 Å². The minimum absolute atomic E-state index is 0.00919. The van der Waals surface area contributed by atoms with E-state index in [1.807, 2.05) is 13.0 Å². The summed E-state index contributed by atoms with van der Waals surface area (Å²) in [6.45, 7) is 3.27. The summed E-state index contributed by atoms with van der Waals surface area (Å²) < 4.78 is 5.19. The number of hydrogen-bond donors (Lipinski definition) is 3. The van der Waals surface area contributed by atoms with Crippen LogP contribution in [0.5, 0.6) is 0 Å². The third-order valence-electron chi connectivity index (χ3n) is 2.98. The minimum Gasteiger partial charge on any atom is -0.478 e. The highest BCUT2D eigenvalue weighted by molar-refractivity contribution is 5.97. The van der Waals surface area contributed by atoms with Crippen molar-refractivity contribution in [3.8, 4) is 0 Å². The van der Waals surface area contributed by atoms with Crippen molar-refractivity contribution in [3.05, 3.63) is 35.5 Å². The standard InChI is InChI=1S/C15H18N2O4/c1-10-8-13(16-4-6-21-7-5-18)12-3-2-11(15(19)20)9-14(12)17-10/h2-3,8-9,18H,4-7H2,1H3,(H,16,17)(H,19,20). The van der Waals surface area contributed by atoms with Gasteiger partial charge in [0.2, 0.25) is 0 Å². The number of aromatic carboxylic acids is 1. The summed E-state index contributed by atoms with van der Waals surface area (Å²) in [5.41, 5.74) is 2.57. The molecule has 1 aromatic heterocycles. The first-order valence-corrected chi connectivity index (χ1v) is 6.69. The summed E-state index contributed by atoms with van der Waals surface area (Å²) in [7, 11) is 0. The van der Waals surface area contributed by atoms with Crippen molar-refractivity contribution in [2.45, 2.75) is 6.92 Å². The third-order valence-corrected chi connectivity index (χ3v) is 2.98. The summed E-state index contributed by atoms with van der Waals surface area (Å²) in [5, 5.41) is 21.8. The first kappa shape index (κ1) is 15.2. The summed E-state index contributed by atoms with van der Waals surface area (Å²) in [4.78, 5) is 15.4. The van der Waals surface area contributed by atoms with E-state index in [1.165, 1.54) is 0 Å². The maximum atomic E-state index is 11.0. The van der Waals surface area contributed by atoms with Crippen LogP contribution in [0.2, 0.25) is 0 Å². The number of rotatable bonds is 7. The number of pyridine rings is 1. The molecule has 0 saturated carbocycles. The predicted octanol–water partition coefficient (Wildman–Crippen LogP) is 1.66. The molecule has 3 N–H and O–H groups in total. The molecule has 1 aromatic carbocycles. The minimum atomic E-state index is -0.966. The van der Waals surface area contributed by atoms with Gasteiger partial charge in [-0.2, -0.15) is 0 Å². The van der Waals surface area contributed by atoms with Gasteiger partial charge in [-0.1, -0.05) is 0 Å². The fraction of sp³-hybridized carbons (Fsp3) is 0.333. The molecule has 0 amide bonds. The van der Waals surface area contributed by atoms with Crippen molar-refractivity contribution >= 4 is 22.6 Å². The first-order chi connectivity index (χ1) is 10.1. The van der Waals surface area contributed by atoms with Crippen LogP contribution in [0.25, 0.3) is 10.9 Å². The van der Waals surface area contributed by atoms with E-state index in [9.17, 15) is 4.79 Å². The van der Waals surface area contributed by atoms with Gasteiger partial charge in [-0.25, -0.2) is 4.79 Å². The molecule has 0 aliphatic rings. The van der Waals surface area contributed by atoms with Crippen molar-refractivity contribution in [3.63, 3.8) is 0 Å². The zero-order valence-corrected chi connectivity index (χ0v) is 11.8. The molecular weight excluding hydrogens is 272 g/mol. The molecule has 0 unspecified atom stereocenters. The molecule has 0 saturated heterocycles. The van der Waals surface area contributed by atoms with E-state index in [4.69, 9.17) is 14.9 Å². The molecule has 0 atom stereocenters. The summed E-state index contributed by atoms with van der Waals surface area (Å²) >= 11 is 0. The van der Waals surface area contributed by atoms with Crippen LogP contribution in [0.3, 0.4) is 0 Å². The van der Waals surface area contributed by atoms with Gasteiger partial charge in [0.1, 0.15) is 0 Å². The maximum Gasteiger partial charge on any atom is 0.335 e. The summed E-state index contributed by atoms with van der Waals surface area (Å²) in [6.07, 6.45) is 0. The van der Waals surface area contributed by atoms with Gasteiger partial charge in [0.05, 0.1) is 30.9 Å². The first-order valence-electron chi connectivity index (χ1n) is 6.69. The molecule has 112 valence electrons. The Balaban J connectivity index is 2.20. The normalized spacial score (nSPS) is 10.8. The van der Waals surface area contributed by atoms with E-state index >= 15 is 0 Å². The zero-order valence-electron chi connectivity index (χ0n) is 11.8. The number of carboxylic acid groups (broad SMARTS) is 1. The van der Waals surface area contributed by atoms with Crippen LogP contribution in [0, 0.1) is 6.92 Å². The molecule has 0 bridgehead atoms. The molecule has 2 rings (SSSR count). The highest BCUT2D eigenvalue weighted by atomic mass is 16.5. The van der Waals surface area contributed by atoms with Crippen molar-refractivity contribution < 1.29 is 19.7 Å². The number of benzene rings is 1. The molecule has 1 heterocycles. The molecule has 0 spiro atoms. The van der Waals surface area contributed by atoms with Crippen molar-refractivity contribution in [2.75, 3.05) is 31.7 Å². The Labute approximate surface area is 122 Å². The highest BCUT2D eigenvalue weighted by Gasteiger charge is 2.08. The second-order valence-corrected chi connectivity index (χ2v) is 4.61. The van der Waals surface area contributed by atoms with E-state index in [0.29, 0.717) is 25.3 Å². The number of aromatic nitrogens is 1. The Bertz CT molecular complexity index is 643. The summed E-state index contributed by atoms with van der Waals surface area (Å²) in [5.74, 6) is -0.966. The Hall–Kier alpha value is -2.18. The van der Waals surface area contributed by atoms with E-state index < -0.39 is 5.97 Å². The quantitative estimate of drug-likeness (QED) is 0.672. The van der Waals surface area contributed by atoms with Gasteiger partial charge in [0, 0.05) is 23.3 Å². The largest absolute Gasteiger partial charge is 0.478 e. The molecule has 0 aliphatic heterocycles. The number of hydrogen-bond acceptors (Lipinski definition) is 5. The smallest absolute Gasteiger partial charge is 0.335 e. The van der Waals surface area contributed by atoms with Gasteiger partial charge in [-0.15, -0.1) is 0 Å². The van der Waals surface area contributed by atoms with Gasteiger partial charge in [-0.05, 0) is 31.2 Å². The van der Waals surface area contributed by atoms with Crippen LogP contribution in [0.15, 0.2) is 24.3 Å². The topological polar surface area (TPSA) is 91.7 Å². The second-order valence-electron chi connectivity index (χ2n) is 4.61. The van der Waals surface area contributed by atoms with Gasteiger partial charge in [0.25, 0.3) is 0 Å². The van der Waals surface area contributed by atoms with Gasteiger partial charge in [0.15, 0.2) is 0 Å². The number of anilines is 1. The number of ether oxygens (including phenoxy) is 1. The highest BCUT2D eigenvalue weighted by Crippen LogP contribution is 2.24. The number of carboxylic acids is 1. The average molecular weight is 290 g/mol. The Morgan fingerprint density at radius 2 is 2.14 bits per heavy atom. The number of nitrogens with zero attached hydrogens (tertiary/aromatic N) is 1. The van der Waals surface area contributed by atoms with E-state index in [1.54, 1.807) is 18.2 Å². The maximum absolute atomic E-state index is 11.0. The molecule has 0 aliphatic carbocycles.